The van der Waals surface area contributed by atoms with Crippen molar-refractivity contribution in [3.8, 4) is 6.01 Å². The summed E-state index contributed by atoms with van der Waals surface area (Å²) in [6, 6.07) is 12.3. The third kappa shape index (κ3) is 4.34. The summed E-state index contributed by atoms with van der Waals surface area (Å²) in [5.41, 5.74) is 8.52. The molecule has 7 rings (SSSR count). The fourth-order valence-corrected chi connectivity index (χ4v) is 6.67. The number of nitrogen functional groups attached to an aromatic ring is 1. The lowest BCUT2D eigenvalue weighted by Crippen LogP contribution is -2.52. The molecular formula is C28H36N8O. The molecule has 3 fully saturated rings. The first-order valence-corrected chi connectivity index (χ1v) is 13.7. The van der Waals surface area contributed by atoms with Crippen molar-refractivity contribution in [2.45, 2.75) is 56.8 Å². The lowest BCUT2D eigenvalue weighted by molar-refractivity contribution is 0.187. The van der Waals surface area contributed by atoms with Crippen LogP contribution in [0.2, 0.25) is 0 Å². The van der Waals surface area contributed by atoms with Gasteiger partial charge in [-0.15, -0.1) is 0 Å². The Labute approximate surface area is 218 Å². The molecule has 3 atom stereocenters. The van der Waals surface area contributed by atoms with Gasteiger partial charge < -0.3 is 30.5 Å². The van der Waals surface area contributed by atoms with Crippen molar-refractivity contribution in [3.63, 3.8) is 0 Å². The number of hydrogen-bond donors (Lipinski definition) is 2. The number of aromatic nitrogens is 3. The van der Waals surface area contributed by atoms with E-state index in [2.05, 4.69) is 45.3 Å². The summed E-state index contributed by atoms with van der Waals surface area (Å²) < 4.78 is 6.30. The van der Waals surface area contributed by atoms with E-state index >= 15 is 0 Å². The minimum Gasteiger partial charge on any atom is -0.462 e. The molecule has 4 aliphatic rings. The molecule has 0 spiro atoms. The van der Waals surface area contributed by atoms with Crippen LogP contribution in [0.25, 0.3) is 10.8 Å². The Balaban J connectivity index is 1.23. The molecule has 1 aromatic carbocycles. The first kappa shape index (κ1) is 23.0. The minimum atomic E-state index is 0.428. The van der Waals surface area contributed by atoms with Crippen LogP contribution in [-0.4, -0.2) is 77.8 Å². The van der Waals surface area contributed by atoms with Crippen LogP contribution in [0.4, 0.5) is 17.5 Å². The Morgan fingerprint density at radius 2 is 1.84 bits per heavy atom. The molecule has 0 saturated carbocycles. The molecule has 2 unspecified atom stereocenters. The first-order valence-electron chi connectivity index (χ1n) is 13.7. The molecule has 194 valence electrons. The smallest absolute Gasteiger partial charge is 0.318 e. The predicted molar refractivity (Wildman–Crippen MR) is 146 cm³/mol. The molecule has 3 saturated heterocycles. The molecule has 0 aliphatic carbocycles. The Bertz CT molecular complexity index is 1300. The number of anilines is 3. The van der Waals surface area contributed by atoms with Crippen LogP contribution in [0.5, 0.6) is 6.01 Å². The van der Waals surface area contributed by atoms with E-state index in [0.29, 0.717) is 43.1 Å². The lowest BCUT2D eigenvalue weighted by Gasteiger charge is -2.37. The van der Waals surface area contributed by atoms with Gasteiger partial charge in [0.15, 0.2) is 0 Å². The summed E-state index contributed by atoms with van der Waals surface area (Å²) in [7, 11) is 2.18. The van der Waals surface area contributed by atoms with Crippen LogP contribution in [-0.2, 0) is 13.0 Å². The highest BCUT2D eigenvalue weighted by Gasteiger charge is 2.35. The van der Waals surface area contributed by atoms with Crippen molar-refractivity contribution in [2.24, 2.45) is 0 Å². The number of nitrogens with one attached hydrogen (secondary N) is 1. The van der Waals surface area contributed by atoms with Gasteiger partial charge in [0.1, 0.15) is 24.1 Å². The van der Waals surface area contributed by atoms with E-state index in [1.807, 2.05) is 12.1 Å². The molecule has 2 bridgehead atoms. The fourth-order valence-electron chi connectivity index (χ4n) is 6.67. The van der Waals surface area contributed by atoms with Crippen LogP contribution in [0.1, 0.15) is 36.9 Å². The number of benzene rings is 1. The van der Waals surface area contributed by atoms with Gasteiger partial charge in [-0.05, 0) is 57.1 Å². The summed E-state index contributed by atoms with van der Waals surface area (Å²) >= 11 is 0. The van der Waals surface area contributed by atoms with Gasteiger partial charge in [0, 0.05) is 48.7 Å². The molecule has 0 radical (unpaired) electrons. The monoisotopic (exact) mass is 500 g/mol. The highest BCUT2D eigenvalue weighted by atomic mass is 16.5. The minimum absolute atomic E-state index is 0.428. The van der Waals surface area contributed by atoms with Gasteiger partial charge in [-0.1, -0.05) is 24.3 Å². The van der Waals surface area contributed by atoms with Crippen molar-refractivity contribution in [2.75, 3.05) is 55.4 Å². The maximum Gasteiger partial charge on any atom is 0.318 e. The average molecular weight is 501 g/mol. The molecule has 3 N–H and O–H groups in total. The van der Waals surface area contributed by atoms with Crippen molar-refractivity contribution < 1.29 is 4.74 Å². The van der Waals surface area contributed by atoms with Crippen molar-refractivity contribution in [1.82, 2.24) is 25.2 Å². The van der Waals surface area contributed by atoms with Crippen LogP contribution in [0.3, 0.4) is 0 Å². The molecule has 37 heavy (non-hydrogen) atoms. The Morgan fingerprint density at radius 3 is 2.65 bits per heavy atom. The van der Waals surface area contributed by atoms with E-state index in [9.17, 15) is 0 Å². The van der Waals surface area contributed by atoms with E-state index in [1.54, 1.807) is 0 Å². The second-order valence-corrected chi connectivity index (χ2v) is 11.1. The zero-order chi connectivity index (χ0) is 24.9. The standard InChI is InChI=1S/C28H36N8O/c1-34-11-4-6-21(34)17-37-28-31-24-16-35(26-22-7-3-2-5-18(22)13-25(29)32-26)12-10-23(24)27(33-28)36-14-19-8-9-20(15-36)30-19/h2-3,5,7,13,19-21,30H,4,6,8-12,14-17H2,1H3,(H2,29,32)/t19?,20?,21-/m0/s1. The molecule has 9 nitrogen and oxygen atoms in total. The number of fused-ring (bicyclic) bond motifs is 4. The molecule has 2 aromatic heterocycles. The average Bonchev–Trinajstić information content (AvgIpc) is 3.49. The van der Waals surface area contributed by atoms with Crippen LogP contribution in [0.15, 0.2) is 30.3 Å². The van der Waals surface area contributed by atoms with E-state index in [1.165, 1.54) is 24.8 Å². The molecular weight excluding hydrogens is 464 g/mol. The summed E-state index contributed by atoms with van der Waals surface area (Å²) in [5.74, 6) is 2.55. The zero-order valence-electron chi connectivity index (χ0n) is 21.6. The molecule has 3 aromatic rings. The van der Waals surface area contributed by atoms with Crippen molar-refractivity contribution in [3.05, 3.63) is 41.6 Å². The zero-order valence-corrected chi connectivity index (χ0v) is 21.6. The van der Waals surface area contributed by atoms with Gasteiger partial charge in [0.25, 0.3) is 0 Å². The summed E-state index contributed by atoms with van der Waals surface area (Å²) in [6.45, 7) is 5.28. The summed E-state index contributed by atoms with van der Waals surface area (Å²) in [5, 5.41) is 5.98. The Hall–Kier alpha value is -3.17. The number of pyridine rings is 1. The molecule has 6 heterocycles. The number of nitrogens with zero attached hydrogens (tertiary/aromatic N) is 6. The largest absolute Gasteiger partial charge is 0.462 e. The second-order valence-electron chi connectivity index (χ2n) is 11.1. The predicted octanol–water partition coefficient (Wildman–Crippen LogP) is 2.58. The highest BCUT2D eigenvalue weighted by Crippen LogP contribution is 2.35. The number of nitrogens with two attached hydrogens (primary N) is 1. The number of rotatable bonds is 5. The maximum absolute atomic E-state index is 6.30. The second kappa shape index (κ2) is 9.29. The topological polar surface area (TPSA) is 95.7 Å². The SMILES string of the molecule is CN1CCC[C@H]1COc1nc2c(c(N3CC4CCC(C3)N4)n1)CCN(c1nc(N)cc3ccccc13)C2. The van der Waals surface area contributed by atoms with Crippen LogP contribution in [0, 0.1) is 0 Å². The Kier molecular flexibility index (Phi) is 5.77. The number of likely N-dealkylation sites (tertiary alicyclic amines) is 1. The van der Waals surface area contributed by atoms with Crippen LogP contribution >= 0.6 is 0 Å². The Morgan fingerprint density at radius 1 is 1.00 bits per heavy atom. The van der Waals surface area contributed by atoms with Crippen LogP contribution < -0.4 is 25.6 Å². The third-order valence-corrected chi connectivity index (χ3v) is 8.65. The number of piperazine rings is 1. The fraction of sp³-hybridized carbons (Fsp3) is 0.536. The van der Waals surface area contributed by atoms with Gasteiger partial charge in [-0.25, -0.2) is 4.98 Å². The number of hydrogen-bond acceptors (Lipinski definition) is 9. The third-order valence-electron chi connectivity index (χ3n) is 8.65. The molecule has 4 aliphatic heterocycles. The maximum atomic E-state index is 6.30. The van der Waals surface area contributed by atoms with Gasteiger partial charge in [0.05, 0.1) is 12.2 Å². The van der Waals surface area contributed by atoms with Gasteiger partial charge in [0.2, 0.25) is 0 Å². The van der Waals surface area contributed by atoms with E-state index in [4.69, 9.17) is 25.4 Å². The first-order chi connectivity index (χ1) is 18.1. The summed E-state index contributed by atoms with van der Waals surface area (Å²) in [6.07, 6.45) is 5.75. The van der Waals surface area contributed by atoms with E-state index < -0.39 is 0 Å². The van der Waals surface area contributed by atoms with Crippen molar-refractivity contribution in [1.29, 1.82) is 0 Å². The normalized spacial score (nSPS) is 25.6. The van der Waals surface area contributed by atoms with Gasteiger partial charge >= 0.3 is 6.01 Å². The van der Waals surface area contributed by atoms with Gasteiger partial charge in [-0.2, -0.15) is 9.97 Å². The molecule has 9 heteroatoms. The van der Waals surface area contributed by atoms with Gasteiger partial charge in [-0.3, -0.25) is 0 Å². The quantitative estimate of drug-likeness (QED) is 0.548. The number of likely N-dealkylation sites (N-methyl/N-ethyl adjacent to an activating group) is 1. The molecule has 0 amide bonds. The van der Waals surface area contributed by atoms with E-state index in [0.717, 1.165) is 67.1 Å². The van der Waals surface area contributed by atoms with Crippen molar-refractivity contribution >= 4 is 28.2 Å². The number of ether oxygens (including phenoxy) is 1. The summed E-state index contributed by atoms with van der Waals surface area (Å²) in [4.78, 5) is 22.0. The lowest BCUT2D eigenvalue weighted by atomic mass is 10.0. The highest BCUT2D eigenvalue weighted by molar-refractivity contribution is 5.94. The van der Waals surface area contributed by atoms with E-state index in [-0.39, 0.29) is 0 Å².